The fraction of sp³-hybridized carbons (Fsp3) is 0.435. The van der Waals surface area contributed by atoms with Crippen molar-refractivity contribution in [3.63, 3.8) is 0 Å². The van der Waals surface area contributed by atoms with E-state index in [0.717, 1.165) is 36.3 Å². The number of benzene rings is 2. The molecule has 27 heavy (non-hydrogen) atoms. The third-order valence-corrected chi connectivity index (χ3v) is 4.83. The molecule has 1 aliphatic heterocycles. The van der Waals surface area contributed by atoms with E-state index in [-0.39, 0.29) is 17.9 Å². The molecule has 1 atom stereocenters. The predicted molar refractivity (Wildman–Crippen MR) is 107 cm³/mol. The van der Waals surface area contributed by atoms with Gasteiger partial charge in [0.25, 0.3) is 0 Å². The second-order valence-corrected chi connectivity index (χ2v) is 7.39. The molecule has 0 bridgehead atoms. The van der Waals surface area contributed by atoms with E-state index in [2.05, 4.69) is 31.3 Å². The van der Waals surface area contributed by atoms with E-state index in [1.165, 1.54) is 5.56 Å². The van der Waals surface area contributed by atoms with Gasteiger partial charge in [-0.15, -0.1) is 0 Å². The van der Waals surface area contributed by atoms with Crippen LogP contribution in [0.5, 0.6) is 11.5 Å². The van der Waals surface area contributed by atoms with Crippen molar-refractivity contribution in [1.82, 2.24) is 5.32 Å². The summed E-state index contributed by atoms with van der Waals surface area (Å²) in [5.74, 6) is 1.94. The lowest BCUT2D eigenvalue weighted by atomic mass is 9.95. The van der Waals surface area contributed by atoms with Crippen LogP contribution in [0.15, 0.2) is 48.5 Å². The molecule has 0 fully saturated rings. The zero-order valence-corrected chi connectivity index (χ0v) is 16.2. The molecule has 1 heterocycles. The van der Waals surface area contributed by atoms with Crippen molar-refractivity contribution in [1.29, 1.82) is 0 Å². The van der Waals surface area contributed by atoms with Gasteiger partial charge >= 0.3 is 0 Å². The molecule has 2 aromatic rings. The Morgan fingerprint density at radius 2 is 1.78 bits per heavy atom. The first-order valence-corrected chi connectivity index (χ1v) is 9.86. The van der Waals surface area contributed by atoms with Gasteiger partial charge in [0.05, 0.1) is 19.3 Å². The molecule has 1 unspecified atom stereocenters. The normalized spacial score (nSPS) is 14.5. The second kappa shape index (κ2) is 9.45. The van der Waals surface area contributed by atoms with Crippen molar-refractivity contribution in [2.75, 3.05) is 13.2 Å². The van der Waals surface area contributed by atoms with E-state index >= 15 is 0 Å². The first-order valence-electron chi connectivity index (χ1n) is 9.86. The van der Waals surface area contributed by atoms with Crippen molar-refractivity contribution in [2.45, 2.75) is 45.6 Å². The lowest BCUT2D eigenvalue weighted by Crippen LogP contribution is -2.31. The summed E-state index contributed by atoms with van der Waals surface area (Å²) >= 11 is 0. The summed E-state index contributed by atoms with van der Waals surface area (Å²) in [6, 6.07) is 16.2. The van der Waals surface area contributed by atoms with E-state index in [1.807, 2.05) is 36.4 Å². The fourth-order valence-corrected chi connectivity index (χ4v) is 3.35. The van der Waals surface area contributed by atoms with Gasteiger partial charge < -0.3 is 14.8 Å². The van der Waals surface area contributed by atoms with Gasteiger partial charge in [0.2, 0.25) is 5.91 Å². The Morgan fingerprint density at radius 3 is 2.52 bits per heavy atom. The van der Waals surface area contributed by atoms with Crippen LogP contribution in [-0.4, -0.2) is 19.1 Å². The molecular weight excluding hydrogens is 338 g/mol. The Labute approximate surface area is 161 Å². The van der Waals surface area contributed by atoms with Crippen molar-refractivity contribution >= 4 is 5.91 Å². The summed E-state index contributed by atoms with van der Waals surface area (Å²) in [6.07, 6.45) is 3.19. The van der Waals surface area contributed by atoms with Gasteiger partial charge in [0.15, 0.2) is 11.5 Å². The molecule has 0 saturated carbocycles. The summed E-state index contributed by atoms with van der Waals surface area (Å²) in [5.41, 5.74) is 2.33. The van der Waals surface area contributed by atoms with Crippen molar-refractivity contribution in [3.8, 4) is 11.5 Å². The summed E-state index contributed by atoms with van der Waals surface area (Å²) in [4.78, 5) is 12.5. The minimum atomic E-state index is -0.0358. The Bertz CT molecular complexity index is 743. The molecule has 0 aliphatic carbocycles. The first kappa shape index (κ1) is 19.3. The number of carbonyl (C=O) groups excluding carboxylic acids is 1. The van der Waals surface area contributed by atoms with Crippen molar-refractivity contribution in [2.24, 2.45) is 5.92 Å². The largest absolute Gasteiger partial charge is 0.490 e. The topological polar surface area (TPSA) is 47.6 Å². The molecule has 1 amide bonds. The Hall–Kier alpha value is -2.49. The smallest absolute Gasteiger partial charge is 0.220 e. The minimum Gasteiger partial charge on any atom is -0.490 e. The number of ether oxygens (including phenoxy) is 2. The number of fused-ring (bicyclic) bond motifs is 1. The van der Waals surface area contributed by atoms with Crippen LogP contribution < -0.4 is 14.8 Å². The number of aryl methyl sites for hydroxylation is 1. The summed E-state index contributed by atoms with van der Waals surface area (Å²) in [6.45, 7) is 5.59. The SMILES string of the molecule is CC(C)C(NC(=O)CCCc1ccccc1)c1ccc2c(c1)OCCCO2. The maximum absolute atomic E-state index is 12.5. The first-order chi connectivity index (χ1) is 13.1. The van der Waals surface area contributed by atoms with Crippen molar-refractivity contribution in [3.05, 3.63) is 59.7 Å². The number of nitrogens with one attached hydrogen (secondary N) is 1. The zero-order chi connectivity index (χ0) is 19.1. The average Bonchev–Trinajstić information content (AvgIpc) is 2.91. The molecular formula is C23H29NO3. The number of rotatable bonds is 7. The molecule has 1 N–H and O–H groups in total. The monoisotopic (exact) mass is 367 g/mol. The molecule has 3 rings (SSSR count). The van der Waals surface area contributed by atoms with Gasteiger partial charge in [-0.05, 0) is 42.0 Å². The molecule has 0 radical (unpaired) electrons. The molecule has 0 spiro atoms. The van der Waals surface area contributed by atoms with Crippen LogP contribution >= 0.6 is 0 Å². The maximum atomic E-state index is 12.5. The van der Waals surface area contributed by atoms with E-state index in [0.29, 0.717) is 19.6 Å². The molecule has 1 aliphatic rings. The summed E-state index contributed by atoms with van der Waals surface area (Å²) in [5, 5.41) is 3.21. The Balaban J connectivity index is 1.60. The highest BCUT2D eigenvalue weighted by Crippen LogP contribution is 2.34. The van der Waals surface area contributed by atoms with E-state index < -0.39 is 0 Å². The van der Waals surface area contributed by atoms with Crippen LogP contribution in [-0.2, 0) is 11.2 Å². The molecule has 2 aromatic carbocycles. The molecule has 4 nitrogen and oxygen atoms in total. The van der Waals surface area contributed by atoms with E-state index in [9.17, 15) is 4.79 Å². The van der Waals surface area contributed by atoms with Gasteiger partial charge in [-0.3, -0.25) is 4.79 Å². The lowest BCUT2D eigenvalue weighted by molar-refractivity contribution is -0.122. The molecule has 0 aromatic heterocycles. The van der Waals surface area contributed by atoms with E-state index in [4.69, 9.17) is 9.47 Å². The minimum absolute atomic E-state index is 0.0358. The molecule has 4 heteroatoms. The Morgan fingerprint density at radius 1 is 1.04 bits per heavy atom. The third-order valence-electron chi connectivity index (χ3n) is 4.83. The Kier molecular flexibility index (Phi) is 6.74. The molecule has 144 valence electrons. The highest BCUT2D eigenvalue weighted by Gasteiger charge is 2.21. The third kappa shape index (κ3) is 5.49. The van der Waals surface area contributed by atoms with Gasteiger partial charge in [-0.2, -0.15) is 0 Å². The number of carbonyl (C=O) groups is 1. The maximum Gasteiger partial charge on any atom is 0.220 e. The quantitative estimate of drug-likeness (QED) is 0.773. The second-order valence-electron chi connectivity index (χ2n) is 7.39. The van der Waals surface area contributed by atoms with Crippen LogP contribution in [0.25, 0.3) is 0 Å². The predicted octanol–water partition coefficient (Wildman–Crippen LogP) is 4.68. The van der Waals surface area contributed by atoms with Crippen LogP contribution in [0.1, 0.15) is 50.3 Å². The summed E-state index contributed by atoms with van der Waals surface area (Å²) in [7, 11) is 0. The van der Waals surface area contributed by atoms with Gasteiger partial charge in [0, 0.05) is 12.8 Å². The van der Waals surface area contributed by atoms with Gasteiger partial charge in [0.1, 0.15) is 0 Å². The highest BCUT2D eigenvalue weighted by molar-refractivity contribution is 5.76. The standard InChI is InChI=1S/C23H29NO3/c1-17(2)23(19-12-13-20-21(16-19)27-15-7-14-26-20)24-22(25)11-6-10-18-8-4-3-5-9-18/h3-5,8-9,12-13,16-17,23H,6-7,10-11,14-15H2,1-2H3,(H,24,25). The molecule has 0 saturated heterocycles. The number of hydrogen-bond donors (Lipinski definition) is 1. The highest BCUT2D eigenvalue weighted by atomic mass is 16.5. The van der Waals surface area contributed by atoms with Crippen molar-refractivity contribution < 1.29 is 14.3 Å². The van der Waals surface area contributed by atoms with Crippen LogP contribution in [0, 0.1) is 5.92 Å². The van der Waals surface area contributed by atoms with E-state index in [1.54, 1.807) is 0 Å². The van der Waals surface area contributed by atoms with Crippen LogP contribution in [0.4, 0.5) is 0 Å². The number of hydrogen-bond acceptors (Lipinski definition) is 3. The summed E-state index contributed by atoms with van der Waals surface area (Å²) < 4.78 is 11.5. The fourth-order valence-electron chi connectivity index (χ4n) is 3.35. The van der Waals surface area contributed by atoms with Gasteiger partial charge in [-0.1, -0.05) is 50.2 Å². The number of amides is 1. The zero-order valence-electron chi connectivity index (χ0n) is 16.2. The van der Waals surface area contributed by atoms with Crippen LogP contribution in [0.2, 0.25) is 0 Å². The lowest BCUT2D eigenvalue weighted by Gasteiger charge is -2.24. The average molecular weight is 367 g/mol. The van der Waals surface area contributed by atoms with Gasteiger partial charge in [-0.25, -0.2) is 0 Å². The van der Waals surface area contributed by atoms with Crippen LogP contribution in [0.3, 0.4) is 0 Å².